The van der Waals surface area contributed by atoms with E-state index in [1.54, 1.807) is 17.0 Å². The predicted molar refractivity (Wildman–Crippen MR) is 94.8 cm³/mol. The summed E-state index contributed by atoms with van der Waals surface area (Å²) in [6.45, 7) is 3.20. The molecule has 25 heavy (non-hydrogen) atoms. The second-order valence-corrected chi connectivity index (χ2v) is 7.02. The van der Waals surface area contributed by atoms with Crippen LogP contribution in [-0.2, 0) is 4.79 Å². The van der Waals surface area contributed by atoms with Crippen molar-refractivity contribution in [3.8, 4) is 0 Å². The average molecular weight is 347 g/mol. The first-order valence-corrected chi connectivity index (χ1v) is 9.21. The van der Waals surface area contributed by atoms with Crippen molar-refractivity contribution in [1.82, 2.24) is 9.80 Å². The highest BCUT2D eigenvalue weighted by atomic mass is 19.1. The zero-order valence-corrected chi connectivity index (χ0v) is 14.5. The summed E-state index contributed by atoms with van der Waals surface area (Å²) in [5.74, 6) is 0.309. The zero-order chi connectivity index (χ0) is 17.6. The first-order valence-electron chi connectivity index (χ1n) is 9.21. The second-order valence-electron chi connectivity index (χ2n) is 7.02. The SMILES string of the molecule is O=C(CC[C@@H]1CCCN(C(=O)Nc2ccc(F)cc2)C1)N1CCCC1. The molecule has 0 spiro atoms. The van der Waals surface area contributed by atoms with E-state index < -0.39 is 0 Å². The number of benzene rings is 1. The highest BCUT2D eigenvalue weighted by Crippen LogP contribution is 2.23. The van der Waals surface area contributed by atoms with Gasteiger partial charge in [0.2, 0.25) is 5.91 Å². The molecule has 2 aliphatic rings. The lowest BCUT2D eigenvalue weighted by molar-refractivity contribution is -0.130. The maximum absolute atomic E-state index is 12.9. The number of amides is 3. The maximum Gasteiger partial charge on any atom is 0.321 e. The molecule has 3 amide bonds. The average Bonchev–Trinajstić information content (AvgIpc) is 3.16. The van der Waals surface area contributed by atoms with Crippen LogP contribution < -0.4 is 5.32 Å². The van der Waals surface area contributed by atoms with Crippen LogP contribution in [0.5, 0.6) is 0 Å². The molecule has 0 bridgehead atoms. The van der Waals surface area contributed by atoms with E-state index in [0.717, 1.165) is 51.7 Å². The van der Waals surface area contributed by atoms with Crippen molar-refractivity contribution in [1.29, 1.82) is 0 Å². The molecule has 5 nitrogen and oxygen atoms in total. The Morgan fingerprint density at radius 1 is 1.04 bits per heavy atom. The van der Waals surface area contributed by atoms with E-state index in [9.17, 15) is 14.0 Å². The van der Waals surface area contributed by atoms with E-state index in [4.69, 9.17) is 0 Å². The number of rotatable bonds is 4. The molecule has 1 atom stereocenters. The number of carbonyl (C=O) groups excluding carboxylic acids is 2. The Bertz CT molecular complexity index is 599. The number of likely N-dealkylation sites (tertiary alicyclic amines) is 2. The number of hydrogen-bond donors (Lipinski definition) is 1. The number of halogens is 1. The summed E-state index contributed by atoms with van der Waals surface area (Å²) in [6.07, 6.45) is 5.68. The summed E-state index contributed by atoms with van der Waals surface area (Å²) in [7, 11) is 0. The molecule has 1 aromatic carbocycles. The minimum Gasteiger partial charge on any atom is -0.343 e. The number of piperidine rings is 1. The number of nitrogens with one attached hydrogen (secondary N) is 1. The Hall–Kier alpha value is -2.11. The van der Waals surface area contributed by atoms with E-state index in [1.165, 1.54) is 12.1 Å². The van der Waals surface area contributed by atoms with Gasteiger partial charge in [0, 0.05) is 38.3 Å². The van der Waals surface area contributed by atoms with Gasteiger partial charge in [-0.25, -0.2) is 9.18 Å². The first-order chi connectivity index (χ1) is 12.1. The molecule has 2 saturated heterocycles. The van der Waals surface area contributed by atoms with Crippen LogP contribution in [0.2, 0.25) is 0 Å². The van der Waals surface area contributed by atoms with Gasteiger partial charge in [-0.1, -0.05) is 0 Å². The molecular weight excluding hydrogens is 321 g/mol. The van der Waals surface area contributed by atoms with Gasteiger partial charge >= 0.3 is 6.03 Å². The van der Waals surface area contributed by atoms with Crippen molar-refractivity contribution in [3.05, 3.63) is 30.1 Å². The van der Waals surface area contributed by atoms with Crippen molar-refractivity contribution in [2.24, 2.45) is 5.92 Å². The molecule has 2 aliphatic heterocycles. The fourth-order valence-corrected chi connectivity index (χ4v) is 3.67. The van der Waals surface area contributed by atoms with Crippen LogP contribution in [0.25, 0.3) is 0 Å². The number of nitrogens with zero attached hydrogens (tertiary/aromatic N) is 2. The van der Waals surface area contributed by atoms with Crippen molar-refractivity contribution in [3.63, 3.8) is 0 Å². The fourth-order valence-electron chi connectivity index (χ4n) is 3.67. The molecule has 1 N–H and O–H groups in total. The van der Waals surface area contributed by atoms with E-state index in [0.29, 0.717) is 24.6 Å². The minimum absolute atomic E-state index is 0.151. The van der Waals surface area contributed by atoms with Gasteiger partial charge < -0.3 is 15.1 Å². The Kier molecular flexibility index (Phi) is 5.89. The summed E-state index contributed by atoms with van der Waals surface area (Å²) in [5.41, 5.74) is 0.595. The van der Waals surface area contributed by atoms with Crippen LogP contribution in [0.3, 0.4) is 0 Å². The smallest absolute Gasteiger partial charge is 0.321 e. The van der Waals surface area contributed by atoms with E-state index in [-0.39, 0.29) is 17.8 Å². The Morgan fingerprint density at radius 2 is 1.72 bits per heavy atom. The van der Waals surface area contributed by atoms with Gasteiger partial charge in [-0.3, -0.25) is 4.79 Å². The molecule has 3 rings (SSSR count). The third-order valence-electron chi connectivity index (χ3n) is 5.13. The van der Waals surface area contributed by atoms with Crippen LogP contribution in [0.1, 0.15) is 38.5 Å². The Balaban J connectivity index is 1.46. The molecule has 0 unspecified atom stereocenters. The van der Waals surface area contributed by atoms with E-state index >= 15 is 0 Å². The quantitative estimate of drug-likeness (QED) is 0.907. The van der Waals surface area contributed by atoms with Crippen molar-refractivity contribution in [2.45, 2.75) is 38.5 Å². The molecule has 136 valence electrons. The molecule has 1 aromatic rings. The number of anilines is 1. The van der Waals surface area contributed by atoms with Crippen LogP contribution in [0, 0.1) is 11.7 Å². The van der Waals surface area contributed by atoms with Crippen LogP contribution in [-0.4, -0.2) is 47.9 Å². The third-order valence-corrected chi connectivity index (χ3v) is 5.13. The van der Waals surface area contributed by atoms with Gasteiger partial charge in [0.25, 0.3) is 0 Å². The van der Waals surface area contributed by atoms with E-state index in [2.05, 4.69) is 5.32 Å². The third kappa shape index (κ3) is 4.94. The van der Waals surface area contributed by atoms with Gasteiger partial charge in [-0.15, -0.1) is 0 Å². The molecule has 0 aliphatic carbocycles. The lowest BCUT2D eigenvalue weighted by Crippen LogP contribution is -2.42. The maximum atomic E-state index is 12.9. The Morgan fingerprint density at radius 3 is 2.44 bits per heavy atom. The number of urea groups is 1. The second kappa shape index (κ2) is 8.32. The van der Waals surface area contributed by atoms with Crippen LogP contribution >= 0.6 is 0 Å². The first kappa shape index (κ1) is 17.7. The molecule has 6 heteroatoms. The monoisotopic (exact) mass is 347 g/mol. The number of carbonyl (C=O) groups is 2. The fraction of sp³-hybridized carbons (Fsp3) is 0.579. The molecular formula is C19H26FN3O2. The van der Waals surface area contributed by atoms with Crippen molar-refractivity contribution >= 4 is 17.6 Å². The standard InChI is InChI=1S/C19H26FN3O2/c20-16-6-8-17(9-7-16)21-19(25)23-13-3-4-15(14-23)5-10-18(24)22-11-1-2-12-22/h6-9,15H,1-5,10-14H2,(H,21,25)/t15-/m0/s1. The normalized spacial score (nSPS) is 20.6. The van der Waals surface area contributed by atoms with Gasteiger partial charge in [0.15, 0.2) is 0 Å². The summed E-state index contributed by atoms with van der Waals surface area (Å²) >= 11 is 0. The summed E-state index contributed by atoms with van der Waals surface area (Å²) in [4.78, 5) is 28.3. The molecule has 0 radical (unpaired) electrons. The predicted octanol–water partition coefficient (Wildman–Crippen LogP) is 3.47. The highest BCUT2D eigenvalue weighted by molar-refractivity contribution is 5.89. The van der Waals surface area contributed by atoms with Crippen LogP contribution in [0.4, 0.5) is 14.9 Å². The largest absolute Gasteiger partial charge is 0.343 e. The van der Waals surface area contributed by atoms with Crippen molar-refractivity contribution in [2.75, 3.05) is 31.5 Å². The molecule has 0 saturated carbocycles. The summed E-state index contributed by atoms with van der Waals surface area (Å²) in [6, 6.07) is 5.63. The van der Waals surface area contributed by atoms with Gasteiger partial charge in [-0.2, -0.15) is 0 Å². The topological polar surface area (TPSA) is 52.7 Å². The van der Waals surface area contributed by atoms with Gasteiger partial charge in [0.05, 0.1) is 0 Å². The van der Waals surface area contributed by atoms with Gasteiger partial charge in [0.1, 0.15) is 5.82 Å². The van der Waals surface area contributed by atoms with Crippen molar-refractivity contribution < 1.29 is 14.0 Å². The highest BCUT2D eigenvalue weighted by Gasteiger charge is 2.25. The Labute approximate surface area is 148 Å². The summed E-state index contributed by atoms with van der Waals surface area (Å²) < 4.78 is 12.9. The minimum atomic E-state index is -0.321. The lowest BCUT2D eigenvalue weighted by atomic mass is 9.93. The molecule has 0 aromatic heterocycles. The summed E-state index contributed by atoms with van der Waals surface area (Å²) in [5, 5.41) is 2.81. The van der Waals surface area contributed by atoms with E-state index in [1.807, 2.05) is 4.90 Å². The number of hydrogen-bond acceptors (Lipinski definition) is 2. The van der Waals surface area contributed by atoms with Crippen LogP contribution in [0.15, 0.2) is 24.3 Å². The molecule has 2 fully saturated rings. The zero-order valence-electron chi connectivity index (χ0n) is 14.5. The molecule has 2 heterocycles. The van der Waals surface area contributed by atoms with Gasteiger partial charge in [-0.05, 0) is 62.3 Å². The lowest BCUT2D eigenvalue weighted by Gasteiger charge is -2.33.